The SMILES string of the molecule is COc1cccc(-c2nn(-c3ccccc3)cc2C=C2SC(=S)N(C3CCCCC3)C2=O)c1. The fourth-order valence-corrected chi connectivity index (χ4v) is 5.87. The number of ether oxygens (including phenoxy) is 1. The van der Waals surface area contributed by atoms with Crippen LogP contribution >= 0.6 is 24.0 Å². The van der Waals surface area contributed by atoms with Crippen molar-refractivity contribution in [2.45, 2.75) is 38.1 Å². The summed E-state index contributed by atoms with van der Waals surface area (Å²) in [5, 5.41) is 4.87. The summed E-state index contributed by atoms with van der Waals surface area (Å²) in [5.74, 6) is 0.775. The lowest BCUT2D eigenvalue weighted by Crippen LogP contribution is -2.39. The van der Waals surface area contributed by atoms with Crippen LogP contribution in [0, 0.1) is 0 Å². The van der Waals surface area contributed by atoms with Crippen LogP contribution in [0.25, 0.3) is 23.0 Å². The molecule has 0 radical (unpaired) electrons. The van der Waals surface area contributed by atoms with E-state index in [4.69, 9.17) is 22.1 Å². The summed E-state index contributed by atoms with van der Waals surface area (Å²) in [5.41, 5.74) is 3.55. The molecule has 5 nitrogen and oxygen atoms in total. The van der Waals surface area contributed by atoms with Crippen LogP contribution in [0.2, 0.25) is 0 Å². The second-order valence-electron chi connectivity index (χ2n) is 8.29. The van der Waals surface area contributed by atoms with Crippen LogP contribution in [-0.2, 0) is 4.79 Å². The lowest BCUT2D eigenvalue weighted by atomic mass is 9.94. The number of aromatic nitrogens is 2. The molecule has 2 aromatic carbocycles. The Balaban J connectivity index is 1.55. The number of para-hydroxylation sites is 1. The second kappa shape index (κ2) is 9.53. The van der Waals surface area contributed by atoms with Gasteiger partial charge in [0.15, 0.2) is 0 Å². The Labute approximate surface area is 203 Å². The molecule has 1 aliphatic carbocycles. The van der Waals surface area contributed by atoms with Gasteiger partial charge in [0.05, 0.1) is 17.7 Å². The first-order valence-corrected chi connectivity index (χ1v) is 12.4. The molecule has 0 unspecified atom stereocenters. The van der Waals surface area contributed by atoms with Crippen molar-refractivity contribution < 1.29 is 9.53 Å². The fourth-order valence-electron chi connectivity index (χ4n) is 4.48. The Hall–Kier alpha value is -2.90. The highest BCUT2D eigenvalue weighted by Gasteiger charge is 2.37. The Bertz CT molecular complexity index is 1210. The van der Waals surface area contributed by atoms with E-state index in [-0.39, 0.29) is 11.9 Å². The van der Waals surface area contributed by atoms with Gasteiger partial charge in [-0.15, -0.1) is 0 Å². The number of hydrogen-bond acceptors (Lipinski definition) is 5. The van der Waals surface area contributed by atoms with Gasteiger partial charge in [-0.05, 0) is 43.2 Å². The van der Waals surface area contributed by atoms with Gasteiger partial charge in [-0.1, -0.05) is 73.6 Å². The molecular weight excluding hydrogens is 450 g/mol. The summed E-state index contributed by atoms with van der Waals surface area (Å²) in [6.45, 7) is 0. The normalized spacial score (nSPS) is 18.3. The van der Waals surface area contributed by atoms with E-state index in [0.29, 0.717) is 9.23 Å². The number of carbonyl (C=O) groups is 1. The van der Waals surface area contributed by atoms with E-state index in [9.17, 15) is 4.79 Å². The molecule has 168 valence electrons. The zero-order valence-electron chi connectivity index (χ0n) is 18.4. The van der Waals surface area contributed by atoms with Gasteiger partial charge in [0.2, 0.25) is 0 Å². The second-order valence-corrected chi connectivity index (χ2v) is 9.96. The highest BCUT2D eigenvalue weighted by molar-refractivity contribution is 8.26. The molecule has 2 heterocycles. The van der Waals surface area contributed by atoms with Crippen LogP contribution in [0.3, 0.4) is 0 Å². The number of benzene rings is 2. The molecule has 7 heteroatoms. The monoisotopic (exact) mass is 475 g/mol. The lowest BCUT2D eigenvalue weighted by Gasteiger charge is -2.29. The molecule has 1 saturated heterocycles. The van der Waals surface area contributed by atoms with Crippen molar-refractivity contribution in [1.82, 2.24) is 14.7 Å². The third-order valence-electron chi connectivity index (χ3n) is 6.16. The number of thioether (sulfide) groups is 1. The van der Waals surface area contributed by atoms with Gasteiger partial charge < -0.3 is 4.74 Å². The zero-order valence-corrected chi connectivity index (χ0v) is 20.1. The Morgan fingerprint density at radius 2 is 1.88 bits per heavy atom. The predicted octanol–water partition coefficient (Wildman–Crippen LogP) is 6.08. The number of rotatable bonds is 5. The summed E-state index contributed by atoms with van der Waals surface area (Å²) in [6, 6.07) is 18.0. The minimum atomic E-state index is 0.0148. The highest BCUT2D eigenvalue weighted by Crippen LogP contribution is 2.38. The first-order chi connectivity index (χ1) is 16.1. The van der Waals surface area contributed by atoms with E-state index in [1.165, 1.54) is 18.2 Å². The largest absolute Gasteiger partial charge is 0.497 e. The number of carbonyl (C=O) groups excluding carboxylic acids is 1. The molecule has 0 atom stereocenters. The zero-order chi connectivity index (χ0) is 22.8. The molecule has 2 fully saturated rings. The van der Waals surface area contributed by atoms with Crippen molar-refractivity contribution in [3.05, 3.63) is 71.3 Å². The van der Waals surface area contributed by atoms with Gasteiger partial charge >= 0.3 is 0 Å². The average Bonchev–Trinajstić information content (AvgIpc) is 3.40. The van der Waals surface area contributed by atoms with Crippen molar-refractivity contribution >= 4 is 40.3 Å². The molecule has 1 aliphatic heterocycles. The van der Waals surface area contributed by atoms with E-state index in [1.54, 1.807) is 7.11 Å². The molecule has 0 bridgehead atoms. The predicted molar refractivity (Wildman–Crippen MR) is 137 cm³/mol. The maximum Gasteiger partial charge on any atom is 0.266 e. The van der Waals surface area contributed by atoms with Gasteiger partial charge in [0.1, 0.15) is 15.8 Å². The molecular formula is C26H25N3O2S2. The van der Waals surface area contributed by atoms with Crippen LogP contribution in [0.4, 0.5) is 0 Å². The minimum Gasteiger partial charge on any atom is -0.497 e. The van der Waals surface area contributed by atoms with Crippen molar-refractivity contribution in [2.24, 2.45) is 0 Å². The number of amides is 1. The fraction of sp³-hybridized carbons (Fsp3) is 0.269. The van der Waals surface area contributed by atoms with Crippen LogP contribution in [-0.4, -0.2) is 38.1 Å². The number of thiocarbonyl (C=S) groups is 1. The van der Waals surface area contributed by atoms with Crippen LogP contribution in [0.15, 0.2) is 65.7 Å². The van der Waals surface area contributed by atoms with E-state index < -0.39 is 0 Å². The summed E-state index contributed by atoms with van der Waals surface area (Å²) < 4.78 is 7.93. The van der Waals surface area contributed by atoms with Gasteiger partial charge in [0, 0.05) is 23.4 Å². The third kappa shape index (κ3) is 4.48. The number of methoxy groups -OCH3 is 1. The van der Waals surface area contributed by atoms with Gasteiger partial charge in [-0.25, -0.2) is 4.68 Å². The molecule has 3 aromatic rings. The molecule has 33 heavy (non-hydrogen) atoms. The molecule has 1 aromatic heterocycles. The van der Waals surface area contributed by atoms with Crippen molar-refractivity contribution in [1.29, 1.82) is 0 Å². The number of nitrogens with zero attached hydrogens (tertiary/aromatic N) is 3. The Kier molecular flexibility index (Phi) is 6.33. The van der Waals surface area contributed by atoms with Crippen molar-refractivity contribution in [2.75, 3.05) is 7.11 Å². The average molecular weight is 476 g/mol. The lowest BCUT2D eigenvalue weighted by molar-refractivity contribution is -0.124. The molecule has 0 N–H and O–H groups in total. The first-order valence-electron chi connectivity index (χ1n) is 11.2. The standard InChI is InChI=1S/C26H25N3O2S2/c1-31-22-14-8-9-18(15-22)24-19(17-28(27-24)20-10-4-2-5-11-20)16-23-25(30)29(26(32)33-23)21-12-6-3-7-13-21/h2,4-5,8-11,14-17,21H,3,6-7,12-13H2,1H3. The van der Waals surface area contributed by atoms with E-state index in [0.717, 1.165) is 53.9 Å². The van der Waals surface area contributed by atoms with Crippen molar-refractivity contribution in [3.63, 3.8) is 0 Å². The highest BCUT2D eigenvalue weighted by atomic mass is 32.2. The van der Waals surface area contributed by atoms with Gasteiger partial charge in [-0.3, -0.25) is 9.69 Å². The quantitative estimate of drug-likeness (QED) is 0.330. The van der Waals surface area contributed by atoms with Crippen LogP contribution in [0.5, 0.6) is 5.75 Å². The van der Waals surface area contributed by atoms with Crippen LogP contribution < -0.4 is 4.74 Å². The summed E-state index contributed by atoms with van der Waals surface area (Å²) in [4.78, 5) is 15.8. The van der Waals surface area contributed by atoms with Gasteiger partial charge in [0.25, 0.3) is 5.91 Å². The molecule has 5 rings (SSSR count). The topological polar surface area (TPSA) is 47.4 Å². The minimum absolute atomic E-state index is 0.0148. The van der Waals surface area contributed by atoms with E-state index in [1.807, 2.05) is 76.5 Å². The summed E-state index contributed by atoms with van der Waals surface area (Å²) in [6.07, 6.45) is 9.51. The molecule has 1 saturated carbocycles. The van der Waals surface area contributed by atoms with E-state index in [2.05, 4.69) is 0 Å². The van der Waals surface area contributed by atoms with Crippen molar-refractivity contribution in [3.8, 4) is 22.7 Å². The smallest absolute Gasteiger partial charge is 0.266 e. The maximum absolute atomic E-state index is 13.3. The first kappa shape index (κ1) is 21.9. The van der Waals surface area contributed by atoms with Crippen LogP contribution in [0.1, 0.15) is 37.7 Å². The Morgan fingerprint density at radius 3 is 2.64 bits per heavy atom. The molecule has 2 aliphatic rings. The summed E-state index contributed by atoms with van der Waals surface area (Å²) in [7, 11) is 1.65. The molecule has 1 amide bonds. The maximum atomic E-state index is 13.3. The third-order valence-corrected chi connectivity index (χ3v) is 7.49. The Morgan fingerprint density at radius 1 is 1.09 bits per heavy atom. The number of hydrogen-bond donors (Lipinski definition) is 0. The van der Waals surface area contributed by atoms with E-state index >= 15 is 0 Å². The van der Waals surface area contributed by atoms with Gasteiger partial charge in [-0.2, -0.15) is 5.10 Å². The molecule has 0 spiro atoms. The summed E-state index contributed by atoms with van der Waals surface area (Å²) >= 11 is 7.02.